The highest BCUT2D eigenvalue weighted by Gasteiger charge is 2.01. The second-order valence-electron chi connectivity index (χ2n) is 1.64. The van der Waals surface area contributed by atoms with Crippen LogP contribution in [0.4, 0.5) is 4.39 Å². The highest BCUT2D eigenvalue weighted by molar-refractivity contribution is 5.84. The molecule has 2 N–H and O–H groups in total. The monoisotopic (exact) mass is 133 g/mol. The Hall–Kier alpha value is -0.930. The van der Waals surface area contributed by atoms with Crippen LogP contribution in [-0.4, -0.2) is 18.4 Å². The molecule has 0 unspecified atom stereocenters. The maximum absolute atomic E-state index is 11.3. The lowest BCUT2D eigenvalue weighted by Gasteiger charge is -1.89. The molecule has 0 aromatic carbocycles. The van der Waals surface area contributed by atoms with Gasteiger partial charge >= 0.3 is 0 Å². The summed E-state index contributed by atoms with van der Waals surface area (Å²) in [6.45, 7) is -1.01. The molecule has 4 heteroatoms. The van der Waals surface area contributed by atoms with E-state index in [9.17, 15) is 14.0 Å². The molecule has 0 saturated heterocycles. The topological polar surface area (TPSA) is 60.2 Å². The van der Waals surface area contributed by atoms with Crippen LogP contribution < -0.4 is 5.73 Å². The molecule has 0 bridgehead atoms. The Balaban J connectivity index is 3.28. The summed E-state index contributed by atoms with van der Waals surface area (Å²) in [5.74, 6) is -1.15. The zero-order valence-electron chi connectivity index (χ0n) is 4.89. The van der Waals surface area contributed by atoms with Crippen LogP contribution in [0.1, 0.15) is 12.8 Å². The smallest absolute Gasteiger partial charge is 0.217 e. The molecule has 0 aliphatic heterocycles. The zero-order chi connectivity index (χ0) is 7.28. The summed E-state index contributed by atoms with van der Waals surface area (Å²) >= 11 is 0. The lowest BCUT2D eigenvalue weighted by molar-refractivity contribution is -0.124. The number of halogens is 1. The van der Waals surface area contributed by atoms with Gasteiger partial charge in [0.05, 0.1) is 0 Å². The number of nitrogens with two attached hydrogens (primary N) is 1. The van der Waals surface area contributed by atoms with Crippen molar-refractivity contribution in [3.8, 4) is 0 Å². The number of hydrogen-bond acceptors (Lipinski definition) is 2. The molecule has 0 saturated carbocycles. The summed E-state index contributed by atoms with van der Waals surface area (Å²) in [4.78, 5) is 20.1. The third-order valence-corrected chi connectivity index (χ3v) is 0.799. The van der Waals surface area contributed by atoms with Crippen molar-refractivity contribution in [2.24, 2.45) is 5.73 Å². The van der Waals surface area contributed by atoms with E-state index in [1.54, 1.807) is 0 Å². The molecule has 0 radical (unpaired) electrons. The Morgan fingerprint density at radius 1 is 1.33 bits per heavy atom. The molecule has 0 aliphatic carbocycles. The van der Waals surface area contributed by atoms with Gasteiger partial charge in [0.15, 0.2) is 5.78 Å². The maximum atomic E-state index is 11.3. The number of carbonyl (C=O) groups excluding carboxylic acids is 2. The average Bonchev–Trinajstić information content (AvgIpc) is 1.83. The van der Waals surface area contributed by atoms with E-state index in [2.05, 4.69) is 5.73 Å². The van der Waals surface area contributed by atoms with E-state index in [1.807, 2.05) is 0 Å². The first-order valence-corrected chi connectivity index (χ1v) is 2.52. The SMILES string of the molecule is NC(=O)CCC(=O)CF. The van der Waals surface area contributed by atoms with Crippen LogP contribution in [0.3, 0.4) is 0 Å². The van der Waals surface area contributed by atoms with Gasteiger partial charge in [0.1, 0.15) is 6.67 Å². The van der Waals surface area contributed by atoms with Crippen molar-refractivity contribution >= 4 is 11.7 Å². The number of alkyl halides is 1. The van der Waals surface area contributed by atoms with Gasteiger partial charge in [-0.05, 0) is 0 Å². The minimum Gasteiger partial charge on any atom is -0.370 e. The van der Waals surface area contributed by atoms with E-state index in [0.717, 1.165) is 0 Å². The van der Waals surface area contributed by atoms with Gasteiger partial charge in [0.2, 0.25) is 5.91 Å². The third-order valence-electron chi connectivity index (χ3n) is 0.799. The average molecular weight is 133 g/mol. The number of primary amides is 1. The highest BCUT2D eigenvalue weighted by Crippen LogP contribution is 1.89. The molecule has 9 heavy (non-hydrogen) atoms. The van der Waals surface area contributed by atoms with Gasteiger partial charge in [-0.2, -0.15) is 0 Å². The minimum absolute atomic E-state index is 0.0528. The van der Waals surface area contributed by atoms with Crippen LogP contribution in [0.15, 0.2) is 0 Å². The maximum Gasteiger partial charge on any atom is 0.217 e. The van der Waals surface area contributed by atoms with Crippen molar-refractivity contribution in [2.75, 3.05) is 6.67 Å². The first-order chi connectivity index (χ1) is 4.16. The second-order valence-corrected chi connectivity index (χ2v) is 1.64. The number of hydrogen-bond donors (Lipinski definition) is 1. The molecule has 0 aliphatic rings. The van der Waals surface area contributed by atoms with E-state index >= 15 is 0 Å². The molecule has 0 aromatic heterocycles. The van der Waals surface area contributed by atoms with Crippen LogP contribution in [-0.2, 0) is 9.59 Å². The molecule has 3 nitrogen and oxygen atoms in total. The number of carbonyl (C=O) groups is 2. The van der Waals surface area contributed by atoms with Crippen LogP contribution in [0.25, 0.3) is 0 Å². The summed E-state index contributed by atoms with van der Waals surface area (Å²) in [5.41, 5.74) is 4.68. The normalized spacial score (nSPS) is 9.00. The van der Waals surface area contributed by atoms with E-state index in [1.165, 1.54) is 0 Å². The third kappa shape index (κ3) is 4.93. The zero-order valence-corrected chi connectivity index (χ0v) is 4.89. The number of ketones is 1. The second kappa shape index (κ2) is 4.00. The van der Waals surface area contributed by atoms with Crippen molar-refractivity contribution in [3.63, 3.8) is 0 Å². The molecule has 0 atom stereocenters. The number of amides is 1. The summed E-state index contributed by atoms with van der Waals surface area (Å²) in [7, 11) is 0. The van der Waals surface area contributed by atoms with Crippen molar-refractivity contribution in [3.05, 3.63) is 0 Å². The molecular formula is C5H8FNO2. The molecule has 52 valence electrons. The van der Waals surface area contributed by atoms with Gasteiger partial charge in [-0.3, -0.25) is 9.59 Å². The molecule has 0 heterocycles. The molecule has 1 amide bonds. The molecule has 0 spiro atoms. The van der Waals surface area contributed by atoms with Crippen molar-refractivity contribution in [2.45, 2.75) is 12.8 Å². The summed E-state index contributed by atoms with van der Waals surface area (Å²) in [6.07, 6.45) is -0.130. The fraction of sp³-hybridized carbons (Fsp3) is 0.600. The summed E-state index contributed by atoms with van der Waals surface area (Å²) < 4.78 is 11.3. The molecule has 0 rings (SSSR count). The Morgan fingerprint density at radius 2 is 1.89 bits per heavy atom. The van der Waals surface area contributed by atoms with Crippen LogP contribution >= 0.6 is 0 Å². The standard InChI is InChI=1S/C5H8FNO2/c6-3-4(8)1-2-5(7)9/h1-3H2,(H2,7,9). The lowest BCUT2D eigenvalue weighted by atomic mass is 10.2. The van der Waals surface area contributed by atoms with Gasteiger partial charge in [-0.15, -0.1) is 0 Å². The Bertz CT molecular complexity index is 124. The van der Waals surface area contributed by atoms with Crippen LogP contribution in [0.2, 0.25) is 0 Å². The van der Waals surface area contributed by atoms with E-state index in [0.29, 0.717) is 0 Å². The van der Waals surface area contributed by atoms with Crippen molar-refractivity contribution in [1.29, 1.82) is 0 Å². The summed E-state index contributed by atoms with van der Waals surface area (Å²) in [5, 5.41) is 0. The first-order valence-electron chi connectivity index (χ1n) is 2.52. The highest BCUT2D eigenvalue weighted by atomic mass is 19.1. The Morgan fingerprint density at radius 3 is 2.22 bits per heavy atom. The van der Waals surface area contributed by atoms with Gasteiger partial charge in [0, 0.05) is 12.8 Å². The number of rotatable bonds is 4. The predicted molar refractivity (Wildman–Crippen MR) is 29.4 cm³/mol. The quantitative estimate of drug-likeness (QED) is 0.576. The lowest BCUT2D eigenvalue weighted by Crippen LogP contribution is -2.13. The largest absolute Gasteiger partial charge is 0.370 e. The fourth-order valence-electron chi connectivity index (χ4n) is 0.329. The van der Waals surface area contributed by atoms with Gasteiger partial charge in [0.25, 0.3) is 0 Å². The van der Waals surface area contributed by atoms with Crippen molar-refractivity contribution < 1.29 is 14.0 Å². The van der Waals surface area contributed by atoms with Gasteiger partial charge in [-0.25, -0.2) is 4.39 Å². The molecule has 0 fully saturated rings. The van der Waals surface area contributed by atoms with Crippen molar-refractivity contribution in [1.82, 2.24) is 0 Å². The van der Waals surface area contributed by atoms with E-state index < -0.39 is 18.4 Å². The Kier molecular flexibility index (Phi) is 3.59. The van der Waals surface area contributed by atoms with E-state index in [-0.39, 0.29) is 12.8 Å². The van der Waals surface area contributed by atoms with Crippen LogP contribution in [0.5, 0.6) is 0 Å². The van der Waals surface area contributed by atoms with Crippen LogP contribution in [0, 0.1) is 0 Å². The summed E-state index contributed by atoms with van der Waals surface area (Å²) in [6, 6.07) is 0. The molecule has 0 aromatic rings. The van der Waals surface area contributed by atoms with E-state index in [4.69, 9.17) is 0 Å². The first kappa shape index (κ1) is 8.07. The van der Waals surface area contributed by atoms with Gasteiger partial charge < -0.3 is 5.73 Å². The Labute approximate surface area is 52.0 Å². The number of Topliss-reactive ketones (excluding diaryl/α,β-unsaturated/α-hetero) is 1. The minimum atomic E-state index is -1.01. The molecular weight excluding hydrogens is 125 g/mol. The van der Waals surface area contributed by atoms with Gasteiger partial charge in [-0.1, -0.05) is 0 Å². The fourth-order valence-corrected chi connectivity index (χ4v) is 0.329. The predicted octanol–water partition coefficient (Wildman–Crippen LogP) is -0.210.